The number of ether oxygens (including phenoxy) is 1. The van der Waals surface area contributed by atoms with Crippen molar-refractivity contribution >= 4 is 11.6 Å². The van der Waals surface area contributed by atoms with E-state index >= 15 is 0 Å². The van der Waals surface area contributed by atoms with Crippen LogP contribution in [0.3, 0.4) is 0 Å². The molecule has 2 rings (SSSR count). The van der Waals surface area contributed by atoms with Gasteiger partial charge in [-0.05, 0) is 36.6 Å². The fourth-order valence-corrected chi connectivity index (χ4v) is 2.16. The average molecular weight is 284 g/mol. The predicted molar refractivity (Wildman–Crippen MR) is 84.8 cm³/mol. The highest BCUT2D eigenvalue weighted by Crippen LogP contribution is 2.25. The first-order valence-corrected chi connectivity index (χ1v) is 6.96. The van der Waals surface area contributed by atoms with Gasteiger partial charge in [-0.2, -0.15) is 0 Å². The number of carbonyl (C=O) groups is 1. The average Bonchev–Trinajstić information content (AvgIpc) is 2.52. The highest BCUT2D eigenvalue weighted by atomic mass is 16.5. The number of hydrogen-bond donors (Lipinski definition) is 2. The number of carbonyl (C=O) groups excluding carboxylic acids is 1. The summed E-state index contributed by atoms with van der Waals surface area (Å²) in [5, 5.41) is 3.30. The molecule has 2 aromatic rings. The van der Waals surface area contributed by atoms with E-state index in [1.165, 1.54) is 5.56 Å². The summed E-state index contributed by atoms with van der Waals surface area (Å²) in [7, 11) is 1.61. The quantitative estimate of drug-likeness (QED) is 0.768. The Morgan fingerprint density at radius 1 is 1.19 bits per heavy atom. The molecule has 0 saturated carbocycles. The molecule has 0 aliphatic carbocycles. The van der Waals surface area contributed by atoms with Gasteiger partial charge in [-0.15, -0.1) is 0 Å². The number of aryl methyl sites for hydroxylation is 1. The van der Waals surface area contributed by atoms with Crippen molar-refractivity contribution in [2.75, 3.05) is 19.0 Å². The third-order valence-corrected chi connectivity index (χ3v) is 3.28. The zero-order valence-electron chi connectivity index (χ0n) is 12.1. The third kappa shape index (κ3) is 4.24. The van der Waals surface area contributed by atoms with Gasteiger partial charge in [0.2, 0.25) is 5.91 Å². The van der Waals surface area contributed by atoms with Crippen LogP contribution in [0.4, 0.5) is 5.69 Å². The molecule has 4 nitrogen and oxygen atoms in total. The fraction of sp³-hybridized carbons (Fsp3) is 0.235. The summed E-state index contributed by atoms with van der Waals surface area (Å²) >= 11 is 0. The van der Waals surface area contributed by atoms with Crippen LogP contribution < -0.4 is 15.8 Å². The van der Waals surface area contributed by atoms with Gasteiger partial charge in [-0.25, -0.2) is 0 Å². The molecular formula is C17H20N2O2. The Morgan fingerprint density at radius 2 is 1.95 bits per heavy atom. The molecule has 0 aliphatic heterocycles. The fourth-order valence-electron chi connectivity index (χ4n) is 2.16. The zero-order chi connectivity index (χ0) is 15.1. The van der Waals surface area contributed by atoms with Crippen molar-refractivity contribution in [3.63, 3.8) is 0 Å². The first-order valence-electron chi connectivity index (χ1n) is 6.96. The maximum atomic E-state index is 11.2. The molecule has 0 unspecified atom stereocenters. The van der Waals surface area contributed by atoms with Crippen molar-refractivity contribution in [1.29, 1.82) is 0 Å². The molecule has 1 amide bonds. The normalized spacial score (nSPS) is 10.1. The summed E-state index contributed by atoms with van der Waals surface area (Å²) < 4.78 is 5.28. The Morgan fingerprint density at radius 3 is 2.62 bits per heavy atom. The summed E-state index contributed by atoms with van der Waals surface area (Å²) in [6.45, 7) is 0.799. The van der Waals surface area contributed by atoms with Crippen LogP contribution in [0.25, 0.3) is 0 Å². The second-order valence-corrected chi connectivity index (χ2v) is 4.80. The molecule has 110 valence electrons. The van der Waals surface area contributed by atoms with E-state index in [4.69, 9.17) is 10.5 Å². The molecule has 0 atom stereocenters. The lowest BCUT2D eigenvalue weighted by atomic mass is 10.1. The van der Waals surface area contributed by atoms with Crippen LogP contribution >= 0.6 is 0 Å². The smallest absolute Gasteiger partial charge is 0.248 e. The van der Waals surface area contributed by atoms with E-state index in [1.807, 2.05) is 18.2 Å². The Kier molecular flexibility index (Phi) is 5.21. The molecule has 0 saturated heterocycles. The van der Waals surface area contributed by atoms with Gasteiger partial charge in [-0.3, -0.25) is 4.79 Å². The van der Waals surface area contributed by atoms with Gasteiger partial charge in [0.15, 0.2) is 0 Å². The minimum absolute atomic E-state index is 0.440. The number of anilines is 1. The first kappa shape index (κ1) is 14.9. The number of amides is 1. The topological polar surface area (TPSA) is 64.3 Å². The summed E-state index contributed by atoms with van der Waals surface area (Å²) in [5.41, 5.74) is 7.88. The summed E-state index contributed by atoms with van der Waals surface area (Å²) in [5.74, 6) is 0.268. The molecule has 0 heterocycles. The minimum atomic E-state index is -0.440. The van der Waals surface area contributed by atoms with Crippen molar-refractivity contribution in [3.05, 3.63) is 59.7 Å². The van der Waals surface area contributed by atoms with E-state index in [-0.39, 0.29) is 0 Å². The van der Waals surface area contributed by atoms with Gasteiger partial charge in [0.25, 0.3) is 0 Å². The van der Waals surface area contributed by atoms with E-state index in [2.05, 4.69) is 17.4 Å². The Labute approximate surface area is 124 Å². The lowest BCUT2D eigenvalue weighted by Crippen LogP contribution is -2.12. The van der Waals surface area contributed by atoms with Crippen molar-refractivity contribution in [3.8, 4) is 5.75 Å². The number of rotatable bonds is 7. The van der Waals surface area contributed by atoms with Gasteiger partial charge >= 0.3 is 0 Å². The summed E-state index contributed by atoms with van der Waals surface area (Å²) in [4.78, 5) is 11.2. The van der Waals surface area contributed by atoms with Gasteiger partial charge in [0.1, 0.15) is 5.75 Å². The Bertz CT molecular complexity index is 597. The summed E-state index contributed by atoms with van der Waals surface area (Å²) in [6.07, 6.45) is 2.00. The van der Waals surface area contributed by atoms with E-state index in [0.29, 0.717) is 11.3 Å². The molecule has 0 spiro atoms. The Hall–Kier alpha value is -2.49. The molecule has 21 heavy (non-hydrogen) atoms. The van der Waals surface area contributed by atoms with Crippen LogP contribution in [0.1, 0.15) is 22.3 Å². The number of methoxy groups -OCH3 is 1. The maximum absolute atomic E-state index is 11.2. The lowest BCUT2D eigenvalue weighted by molar-refractivity contribution is 0.100. The standard InChI is InChI=1S/C17H20N2O2/c1-21-16-10-9-14(17(18)20)12-15(16)19-11-5-8-13-6-3-2-4-7-13/h2-4,6-7,9-10,12,19H,5,8,11H2,1H3,(H2,18,20). The first-order chi connectivity index (χ1) is 10.2. The largest absolute Gasteiger partial charge is 0.495 e. The second kappa shape index (κ2) is 7.33. The minimum Gasteiger partial charge on any atom is -0.495 e. The van der Waals surface area contributed by atoms with Crippen LogP contribution in [0.5, 0.6) is 5.75 Å². The highest BCUT2D eigenvalue weighted by Gasteiger charge is 2.07. The van der Waals surface area contributed by atoms with Crippen molar-refractivity contribution < 1.29 is 9.53 Å². The van der Waals surface area contributed by atoms with E-state index < -0.39 is 5.91 Å². The molecule has 0 bridgehead atoms. The maximum Gasteiger partial charge on any atom is 0.248 e. The predicted octanol–water partition coefficient (Wildman–Crippen LogP) is 2.84. The lowest BCUT2D eigenvalue weighted by Gasteiger charge is -2.12. The van der Waals surface area contributed by atoms with E-state index in [1.54, 1.807) is 25.3 Å². The third-order valence-electron chi connectivity index (χ3n) is 3.28. The van der Waals surface area contributed by atoms with Crippen LogP contribution in [0.15, 0.2) is 48.5 Å². The van der Waals surface area contributed by atoms with Crippen molar-refractivity contribution in [2.24, 2.45) is 5.73 Å². The van der Waals surface area contributed by atoms with E-state index in [0.717, 1.165) is 25.1 Å². The number of nitrogens with two attached hydrogens (primary N) is 1. The van der Waals surface area contributed by atoms with Crippen molar-refractivity contribution in [1.82, 2.24) is 0 Å². The van der Waals surface area contributed by atoms with E-state index in [9.17, 15) is 4.79 Å². The summed E-state index contributed by atoms with van der Waals surface area (Å²) in [6, 6.07) is 15.5. The van der Waals surface area contributed by atoms with Crippen LogP contribution in [-0.2, 0) is 6.42 Å². The molecule has 2 aromatic carbocycles. The number of hydrogen-bond acceptors (Lipinski definition) is 3. The van der Waals surface area contributed by atoms with Gasteiger partial charge in [-0.1, -0.05) is 30.3 Å². The van der Waals surface area contributed by atoms with Crippen LogP contribution in [0.2, 0.25) is 0 Å². The zero-order valence-corrected chi connectivity index (χ0v) is 12.1. The second-order valence-electron chi connectivity index (χ2n) is 4.80. The molecule has 0 radical (unpaired) electrons. The molecule has 0 fully saturated rings. The molecule has 0 aromatic heterocycles. The highest BCUT2D eigenvalue weighted by molar-refractivity contribution is 5.94. The van der Waals surface area contributed by atoms with Crippen LogP contribution in [-0.4, -0.2) is 19.6 Å². The van der Waals surface area contributed by atoms with Gasteiger partial charge < -0.3 is 15.8 Å². The van der Waals surface area contributed by atoms with Gasteiger partial charge in [0, 0.05) is 12.1 Å². The van der Waals surface area contributed by atoms with Gasteiger partial charge in [0.05, 0.1) is 12.8 Å². The number of nitrogens with one attached hydrogen (secondary N) is 1. The molecule has 4 heteroatoms. The van der Waals surface area contributed by atoms with Crippen LogP contribution in [0, 0.1) is 0 Å². The van der Waals surface area contributed by atoms with Crippen molar-refractivity contribution in [2.45, 2.75) is 12.8 Å². The molecular weight excluding hydrogens is 264 g/mol. The number of benzene rings is 2. The molecule has 3 N–H and O–H groups in total. The SMILES string of the molecule is COc1ccc(C(N)=O)cc1NCCCc1ccccc1. The Balaban J connectivity index is 1.92. The number of primary amides is 1. The molecule has 0 aliphatic rings. The monoisotopic (exact) mass is 284 g/mol.